The van der Waals surface area contributed by atoms with Crippen LogP contribution in [0.3, 0.4) is 0 Å². The number of amides is 1. The lowest BCUT2D eigenvalue weighted by molar-refractivity contribution is 0.0955. The van der Waals surface area contributed by atoms with Crippen LogP contribution < -0.4 is 5.32 Å². The van der Waals surface area contributed by atoms with E-state index in [1.165, 1.54) is 16.9 Å². The summed E-state index contributed by atoms with van der Waals surface area (Å²) >= 11 is 3.02. The zero-order valence-corrected chi connectivity index (χ0v) is 15.8. The Kier molecular flexibility index (Phi) is 3.99. The topological polar surface area (TPSA) is 64.2 Å². The molecule has 5 aromatic rings. The van der Waals surface area contributed by atoms with Gasteiger partial charge in [0, 0.05) is 37.1 Å². The Morgan fingerprint density at radius 1 is 1.15 bits per heavy atom. The number of benzene rings is 1. The van der Waals surface area contributed by atoms with Crippen LogP contribution in [0.25, 0.3) is 15.3 Å². The van der Waals surface area contributed by atoms with Gasteiger partial charge in [0.2, 0.25) is 0 Å². The molecule has 0 saturated carbocycles. The molecule has 0 aliphatic heterocycles. The van der Waals surface area contributed by atoms with Crippen molar-refractivity contribution in [1.82, 2.24) is 24.3 Å². The molecule has 0 aliphatic carbocycles. The average Bonchev–Trinajstić information content (AvgIpc) is 3.43. The fourth-order valence-corrected chi connectivity index (χ4v) is 4.70. The lowest BCUT2D eigenvalue weighted by Crippen LogP contribution is -2.21. The Morgan fingerprint density at radius 3 is 2.81 bits per heavy atom. The molecule has 0 atom stereocenters. The Morgan fingerprint density at radius 2 is 2.00 bits per heavy atom. The number of nitrogens with one attached hydrogen (secondary N) is 1. The van der Waals surface area contributed by atoms with Crippen molar-refractivity contribution in [3.63, 3.8) is 0 Å². The second kappa shape index (κ2) is 6.64. The van der Waals surface area contributed by atoms with Gasteiger partial charge in [0.1, 0.15) is 4.83 Å². The summed E-state index contributed by atoms with van der Waals surface area (Å²) in [6.45, 7) is 1.29. The minimum atomic E-state index is -0.0653. The van der Waals surface area contributed by atoms with Crippen LogP contribution in [-0.2, 0) is 13.1 Å². The second-order valence-electron chi connectivity index (χ2n) is 6.20. The highest BCUT2D eigenvalue weighted by atomic mass is 32.1. The van der Waals surface area contributed by atoms with Crippen molar-refractivity contribution in [2.75, 3.05) is 0 Å². The summed E-state index contributed by atoms with van der Waals surface area (Å²) in [4.78, 5) is 23.6. The molecule has 4 heterocycles. The Hall–Kier alpha value is -2.97. The molecule has 8 heteroatoms. The molecule has 134 valence electrons. The number of carbonyl (C=O) groups excluding carboxylic acids is 1. The van der Waals surface area contributed by atoms with E-state index in [2.05, 4.69) is 27.4 Å². The number of hydrogen-bond donors (Lipinski definition) is 1. The first kappa shape index (κ1) is 16.2. The van der Waals surface area contributed by atoms with Gasteiger partial charge < -0.3 is 9.88 Å². The number of imidazole rings is 2. The normalized spacial score (nSPS) is 11.4. The van der Waals surface area contributed by atoms with Crippen molar-refractivity contribution in [3.8, 4) is 0 Å². The standard InChI is InChI=1S/C19H15N5OS2/c25-17(16-9-15-18(27-16)22-19-24(15)7-8-26-19)21-10-13-1-3-14(4-2-13)11-23-6-5-20-12-23/h1-9,12H,10-11H2,(H,21,25). The van der Waals surface area contributed by atoms with Crippen LogP contribution in [0.5, 0.6) is 0 Å². The number of rotatable bonds is 5. The smallest absolute Gasteiger partial charge is 0.261 e. The summed E-state index contributed by atoms with van der Waals surface area (Å²) in [5.74, 6) is -0.0653. The first-order valence-corrected chi connectivity index (χ1v) is 10.1. The van der Waals surface area contributed by atoms with Crippen LogP contribution in [0.4, 0.5) is 0 Å². The van der Waals surface area contributed by atoms with E-state index in [-0.39, 0.29) is 5.91 Å². The first-order chi connectivity index (χ1) is 13.3. The van der Waals surface area contributed by atoms with Gasteiger partial charge in [0.15, 0.2) is 4.96 Å². The van der Waals surface area contributed by atoms with E-state index < -0.39 is 0 Å². The van der Waals surface area contributed by atoms with Crippen LogP contribution in [-0.4, -0.2) is 24.8 Å². The van der Waals surface area contributed by atoms with Crippen LogP contribution in [0.2, 0.25) is 0 Å². The Balaban J connectivity index is 1.25. The third kappa shape index (κ3) is 3.13. The van der Waals surface area contributed by atoms with E-state index in [0.29, 0.717) is 11.4 Å². The minimum absolute atomic E-state index is 0.0653. The van der Waals surface area contributed by atoms with Gasteiger partial charge >= 0.3 is 0 Å². The van der Waals surface area contributed by atoms with E-state index >= 15 is 0 Å². The molecule has 0 aliphatic rings. The van der Waals surface area contributed by atoms with Crippen molar-refractivity contribution >= 4 is 43.9 Å². The van der Waals surface area contributed by atoms with Gasteiger partial charge in [-0.1, -0.05) is 24.3 Å². The van der Waals surface area contributed by atoms with Crippen molar-refractivity contribution < 1.29 is 4.79 Å². The molecule has 6 nitrogen and oxygen atoms in total. The summed E-state index contributed by atoms with van der Waals surface area (Å²) in [5, 5.41) is 4.99. The quantitative estimate of drug-likeness (QED) is 0.494. The largest absolute Gasteiger partial charge is 0.347 e. The predicted molar refractivity (Wildman–Crippen MR) is 107 cm³/mol. The number of fused-ring (bicyclic) bond motifs is 3. The maximum Gasteiger partial charge on any atom is 0.261 e. The van der Waals surface area contributed by atoms with E-state index in [9.17, 15) is 4.79 Å². The van der Waals surface area contributed by atoms with E-state index in [4.69, 9.17) is 0 Å². The van der Waals surface area contributed by atoms with Crippen molar-refractivity contribution in [1.29, 1.82) is 0 Å². The fraction of sp³-hybridized carbons (Fsp3) is 0.105. The lowest BCUT2D eigenvalue weighted by atomic mass is 10.1. The maximum absolute atomic E-state index is 12.5. The third-order valence-corrected chi connectivity index (χ3v) is 6.14. The molecule has 5 rings (SSSR count). The molecular formula is C19H15N5OS2. The summed E-state index contributed by atoms with van der Waals surface area (Å²) < 4.78 is 4.04. The number of aromatic nitrogens is 4. The molecule has 1 amide bonds. The maximum atomic E-state index is 12.5. The SMILES string of the molecule is O=C(NCc1ccc(Cn2ccnc2)cc1)c1cc2c(nc3sccn32)s1. The minimum Gasteiger partial charge on any atom is -0.347 e. The number of thiophene rings is 1. The molecule has 27 heavy (non-hydrogen) atoms. The molecule has 0 unspecified atom stereocenters. The van der Waals surface area contributed by atoms with E-state index in [1.807, 2.05) is 44.9 Å². The summed E-state index contributed by atoms with van der Waals surface area (Å²) in [6.07, 6.45) is 7.50. The van der Waals surface area contributed by atoms with Crippen LogP contribution >= 0.6 is 22.7 Å². The first-order valence-electron chi connectivity index (χ1n) is 8.43. The highest BCUT2D eigenvalue weighted by Crippen LogP contribution is 2.28. The lowest BCUT2D eigenvalue weighted by Gasteiger charge is -2.06. The number of thiazole rings is 1. The molecule has 0 saturated heterocycles. The highest BCUT2D eigenvalue weighted by molar-refractivity contribution is 7.21. The van der Waals surface area contributed by atoms with Crippen molar-refractivity contribution in [3.05, 3.63) is 76.6 Å². The molecule has 0 radical (unpaired) electrons. The van der Waals surface area contributed by atoms with Gasteiger partial charge in [0.25, 0.3) is 5.91 Å². The predicted octanol–water partition coefficient (Wildman–Crippen LogP) is 3.79. The summed E-state index contributed by atoms with van der Waals surface area (Å²) in [5.41, 5.74) is 3.26. The van der Waals surface area contributed by atoms with Crippen molar-refractivity contribution in [2.24, 2.45) is 0 Å². The van der Waals surface area contributed by atoms with Crippen LogP contribution in [0, 0.1) is 0 Å². The van der Waals surface area contributed by atoms with Gasteiger partial charge in [-0.2, -0.15) is 0 Å². The molecule has 4 aromatic heterocycles. The van der Waals surface area contributed by atoms with Crippen LogP contribution in [0.1, 0.15) is 20.8 Å². The molecule has 0 bridgehead atoms. The zero-order valence-electron chi connectivity index (χ0n) is 14.2. The molecule has 0 spiro atoms. The van der Waals surface area contributed by atoms with E-state index in [0.717, 1.165) is 27.4 Å². The molecule has 0 fully saturated rings. The third-order valence-electron chi connectivity index (χ3n) is 4.36. The van der Waals surface area contributed by atoms with Gasteiger partial charge in [0.05, 0.1) is 16.7 Å². The van der Waals surface area contributed by atoms with E-state index in [1.54, 1.807) is 23.9 Å². The molecular weight excluding hydrogens is 378 g/mol. The van der Waals surface area contributed by atoms with Gasteiger partial charge in [-0.15, -0.1) is 22.7 Å². The Labute approximate surface area is 162 Å². The fourth-order valence-electron chi connectivity index (χ4n) is 2.98. The van der Waals surface area contributed by atoms with Crippen LogP contribution in [0.15, 0.2) is 60.6 Å². The Bertz CT molecular complexity index is 1210. The number of hydrogen-bond acceptors (Lipinski definition) is 5. The molecule has 1 aromatic carbocycles. The second-order valence-corrected chi connectivity index (χ2v) is 8.11. The summed E-state index contributed by atoms with van der Waals surface area (Å²) in [7, 11) is 0. The zero-order chi connectivity index (χ0) is 18.2. The van der Waals surface area contributed by atoms with Crippen molar-refractivity contribution in [2.45, 2.75) is 13.1 Å². The molecule has 1 N–H and O–H groups in total. The number of nitrogens with zero attached hydrogens (tertiary/aromatic N) is 4. The number of carbonyl (C=O) groups is 1. The van der Waals surface area contributed by atoms with Gasteiger partial charge in [-0.3, -0.25) is 9.20 Å². The monoisotopic (exact) mass is 393 g/mol. The van der Waals surface area contributed by atoms with Gasteiger partial charge in [-0.05, 0) is 17.2 Å². The van der Waals surface area contributed by atoms with Gasteiger partial charge in [-0.25, -0.2) is 9.97 Å². The average molecular weight is 393 g/mol. The highest BCUT2D eigenvalue weighted by Gasteiger charge is 2.14. The summed E-state index contributed by atoms with van der Waals surface area (Å²) in [6, 6.07) is 10.2.